The van der Waals surface area contributed by atoms with Crippen molar-refractivity contribution in [3.63, 3.8) is 0 Å². The van der Waals surface area contributed by atoms with Crippen LogP contribution in [-0.4, -0.2) is 111 Å². The van der Waals surface area contributed by atoms with Crippen molar-refractivity contribution in [2.75, 3.05) is 39.4 Å². The average Bonchev–Trinajstić information content (AvgIpc) is 2.70. The fourth-order valence-electron chi connectivity index (χ4n) is 2.83. The number of rotatable bonds is 6. The molecule has 2 aliphatic heterocycles. The van der Waals surface area contributed by atoms with Crippen molar-refractivity contribution in [3.8, 4) is 0 Å². The number of hydrogen-bond acceptors (Lipinski definition) is 14. The lowest BCUT2D eigenvalue weighted by Crippen LogP contribution is -2.73. The summed E-state index contributed by atoms with van der Waals surface area (Å²) in [4.78, 5) is 71.3. The molecule has 0 aliphatic carbocycles. The average molecular weight is 636 g/mol. The van der Waals surface area contributed by atoms with E-state index in [0.29, 0.717) is 0 Å². The van der Waals surface area contributed by atoms with Gasteiger partial charge in [0.1, 0.15) is 32.8 Å². The molecule has 0 bridgehead atoms. The topological polar surface area (TPSA) is 249 Å². The first kappa shape index (κ1) is 43.4. The Morgan fingerprint density at radius 2 is 1.02 bits per heavy atom. The molecule has 0 aromatic carbocycles. The van der Waals surface area contributed by atoms with E-state index in [1.54, 1.807) is 4.90 Å². The molecule has 0 atom stereocenters. The molecular weight excluding hydrogens is 600 g/mol. The molecule has 43 heavy (non-hydrogen) atoms. The van der Waals surface area contributed by atoms with Crippen LogP contribution in [0.25, 0.3) is 0 Å². The van der Waals surface area contributed by atoms with E-state index >= 15 is 0 Å². The van der Waals surface area contributed by atoms with Crippen molar-refractivity contribution < 1.29 is 56.5 Å². The van der Waals surface area contributed by atoms with Gasteiger partial charge in [0.2, 0.25) is 5.91 Å². The summed E-state index contributed by atoms with van der Waals surface area (Å²) in [6, 6.07) is 0. The van der Waals surface area contributed by atoms with Crippen molar-refractivity contribution in [2.24, 2.45) is 0 Å². The molecular formula is C20H36BF3N6O13. The van der Waals surface area contributed by atoms with Crippen molar-refractivity contribution in [2.45, 2.75) is 72.3 Å². The van der Waals surface area contributed by atoms with Gasteiger partial charge in [-0.1, -0.05) is 0 Å². The van der Waals surface area contributed by atoms with Crippen LogP contribution < -0.4 is 0 Å². The van der Waals surface area contributed by atoms with Gasteiger partial charge in [0, 0.05) is 39.5 Å². The van der Waals surface area contributed by atoms with Crippen molar-refractivity contribution in [3.05, 3.63) is 40.5 Å². The zero-order valence-electron chi connectivity index (χ0n) is 24.9. The summed E-state index contributed by atoms with van der Waals surface area (Å²) < 4.78 is 37.8. The summed E-state index contributed by atoms with van der Waals surface area (Å²) in [6.07, 6.45) is 0. The van der Waals surface area contributed by atoms with E-state index in [0.717, 1.165) is 18.1 Å². The maximum atomic E-state index is 10.6. The number of nitro groups is 4. The number of carbonyl (C=O) groups is 3. The fourth-order valence-corrected chi connectivity index (χ4v) is 2.83. The van der Waals surface area contributed by atoms with Crippen LogP contribution in [0.5, 0.6) is 0 Å². The molecule has 2 fully saturated rings. The lowest BCUT2D eigenvalue weighted by molar-refractivity contribution is -0.812. The molecule has 0 unspecified atom stereocenters. The van der Waals surface area contributed by atoms with E-state index in [4.69, 9.17) is 4.74 Å². The number of hydrogen-bond donors (Lipinski definition) is 0. The third-order valence-corrected chi connectivity index (χ3v) is 5.23. The van der Waals surface area contributed by atoms with Gasteiger partial charge in [0.05, 0.1) is 0 Å². The number of carbonyl (C=O) groups excluding carboxylic acids is 3. The molecule has 2 rings (SSSR count). The Balaban J connectivity index is -0.000000506. The smallest absolute Gasteiger partial charge is 0.394 e. The molecule has 0 spiro atoms. The highest BCUT2D eigenvalue weighted by molar-refractivity contribution is 6.33. The molecule has 2 heterocycles. The molecule has 2 saturated heterocycles. The van der Waals surface area contributed by atoms with E-state index < -0.39 is 63.6 Å². The van der Waals surface area contributed by atoms with Crippen LogP contribution in [0.15, 0.2) is 0 Å². The number of likely N-dealkylation sites (tertiary alicyclic amines) is 2. The highest BCUT2D eigenvalue weighted by Crippen LogP contribution is 2.31. The Morgan fingerprint density at radius 3 is 1.16 bits per heavy atom. The summed E-state index contributed by atoms with van der Waals surface area (Å²) in [5.74, 6) is -1.51. The fraction of sp³-hybridized carbons (Fsp3) is 0.850. The van der Waals surface area contributed by atoms with Crippen LogP contribution in [-0.2, 0) is 23.9 Å². The maximum Gasteiger partial charge on any atom is 0.762 e. The second kappa shape index (κ2) is 19.2. The Labute approximate surface area is 244 Å². The van der Waals surface area contributed by atoms with Gasteiger partial charge in [-0.25, -0.2) is 0 Å². The van der Waals surface area contributed by atoms with Crippen LogP contribution in [0.2, 0.25) is 0 Å². The molecule has 0 radical (unpaired) electrons. The normalized spacial score (nSPS) is 15.6. The number of nitrogens with zero attached hydrogens (tertiary/aromatic N) is 6. The number of halogens is 3. The molecule has 248 valence electrons. The zero-order chi connectivity index (χ0) is 34.9. The van der Waals surface area contributed by atoms with Gasteiger partial charge in [-0.2, -0.15) is 0 Å². The Kier molecular flexibility index (Phi) is 19.4. The van der Waals surface area contributed by atoms with Crippen molar-refractivity contribution >= 4 is 25.4 Å². The van der Waals surface area contributed by atoms with Crippen molar-refractivity contribution in [1.29, 1.82) is 0 Å². The van der Waals surface area contributed by atoms with Gasteiger partial charge in [-0.05, 0) is 34.6 Å². The van der Waals surface area contributed by atoms with E-state index in [-0.39, 0.29) is 24.5 Å². The Bertz CT molecular complexity index is 939. The zero-order valence-corrected chi connectivity index (χ0v) is 24.9. The van der Waals surface area contributed by atoms with Gasteiger partial charge < -0.3 is 14.4 Å². The third-order valence-electron chi connectivity index (χ3n) is 5.23. The summed E-state index contributed by atoms with van der Waals surface area (Å²) in [7, 11) is -3.67. The quantitative estimate of drug-likeness (QED) is 0.100. The molecule has 19 nitrogen and oxygen atoms in total. The van der Waals surface area contributed by atoms with E-state index in [1.807, 2.05) is 34.6 Å². The maximum absolute atomic E-state index is 10.6. The molecule has 0 aromatic rings. The van der Waals surface area contributed by atoms with Gasteiger partial charge in [-0.3, -0.25) is 72.7 Å². The molecule has 2 aliphatic rings. The number of esters is 2. The van der Waals surface area contributed by atoms with Gasteiger partial charge >= 0.3 is 30.8 Å². The molecule has 1 amide bonds. The molecule has 0 saturated carbocycles. The second-order valence-corrected chi connectivity index (χ2v) is 9.51. The first-order valence-electron chi connectivity index (χ1n) is 12.1. The lowest BCUT2D eigenvalue weighted by Gasteiger charge is -2.44. The Morgan fingerprint density at radius 1 is 0.744 bits per heavy atom. The van der Waals surface area contributed by atoms with Crippen LogP contribution >= 0.6 is 0 Å². The van der Waals surface area contributed by atoms with E-state index in [1.165, 1.54) is 20.8 Å². The minimum Gasteiger partial charge on any atom is -0.394 e. The van der Waals surface area contributed by atoms with Crippen LogP contribution in [0.1, 0.15) is 55.4 Å². The SMILES string of the molecule is CC(=O)N1CC([N+](=O)[O-])([N+](=O)[O-])C1.CC(=O)OC(C)=O.CC(C)(C)N1CC([N+](=O)[O-])([N+](=O)[O-])C1.CCOCC.FB(F)F. The first-order valence-corrected chi connectivity index (χ1v) is 12.1. The summed E-state index contributed by atoms with van der Waals surface area (Å²) in [5.41, 5.74) is -4.41. The number of ether oxygens (including phenoxy) is 2. The predicted molar refractivity (Wildman–Crippen MR) is 141 cm³/mol. The van der Waals surface area contributed by atoms with Gasteiger partial charge in [0.25, 0.3) is 0 Å². The molecule has 23 heteroatoms. The van der Waals surface area contributed by atoms with Crippen LogP contribution in [0.4, 0.5) is 12.9 Å². The summed E-state index contributed by atoms with van der Waals surface area (Å²) in [6.45, 7) is 13.7. The molecule has 0 N–H and O–H groups in total. The summed E-state index contributed by atoms with van der Waals surface area (Å²) in [5, 5.41) is 41.8. The second-order valence-electron chi connectivity index (χ2n) is 9.51. The van der Waals surface area contributed by atoms with E-state index in [2.05, 4.69) is 4.74 Å². The standard InChI is InChI=1S/C7H13N3O4.C5H7N3O5.C4H6O3.C4H10O.BF3/c1-6(2,3)8-4-7(5-8,9(11)12)10(13)14;1-4(9)6-2-5(3-6,7(10)11)8(12)13;1-3(5)7-4(2)6;1-3-5-4-2;2-1(3)4/h4-5H2,1-3H3;2-3H2,1H3;1-2H3;3-4H2,1-2H3;. The van der Waals surface area contributed by atoms with E-state index in [9.17, 15) is 67.8 Å². The first-order chi connectivity index (χ1) is 19.4. The Hall–Kier alpha value is -4.02. The minimum absolute atomic E-state index is 0.115. The monoisotopic (exact) mass is 636 g/mol. The third kappa shape index (κ3) is 15.7. The van der Waals surface area contributed by atoms with Crippen LogP contribution in [0, 0.1) is 40.5 Å². The lowest BCUT2D eigenvalue weighted by atomic mass is 9.93. The molecule has 0 aromatic heterocycles. The predicted octanol–water partition coefficient (Wildman–Crippen LogP) is 1.47. The largest absolute Gasteiger partial charge is 0.762 e. The summed E-state index contributed by atoms with van der Waals surface area (Å²) >= 11 is 0. The minimum atomic E-state index is -3.67. The van der Waals surface area contributed by atoms with Gasteiger partial charge in [0.15, 0.2) is 13.1 Å². The number of amides is 1. The van der Waals surface area contributed by atoms with Gasteiger partial charge in [-0.15, -0.1) is 0 Å². The van der Waals surface area contributed by atoms with Crippen molar-refractivity contribution in [1.82, 2.24) is 9.80 Å². The highest BCUT2D eigenvalue weighted by atomic mass is 19.4. The van der Waals surface area contributed by atoms with Crippen LogP contribution in [0.3, 0.4) is 0 Å². The highest BCUT2D eigenvalue weighted by Gasteiger charge is 2.68.